The lowest BCUT2D eigenvalue weighted by atomic mass is 10.1. The summed E-state index contributed by atoms with van der Waals surface area (Å²) in [4.78, 5) is 27.7. The summed E-state index contributed by atoms with van der Waals surface area (Å²) in [5.74, 6) is 0.895. The summed E-state index contributed by atoms with van der Waals surface area (Å²) in [7, 11) is -3.60. The summed E-state index contributed by atoms with van der Waals surface area (Å²) < 4.78 is 37.0. The lowest BCUT2D eigenvalue weighted by Crippen LogP contribution is -2.48. The van der Waals surface area contributed by atoms with E-state index in [9.17, 15) is 18.0 Å². The number of sulfonamides is 1. The van der Waals surface area contributed by atoms with E-state index in [1.54, 1.807) is 30.0 Å². The van der Waals surface area contributed by atoms with Gasteiger partial charge in [-0.25, -0.2) is 8.42 Å². The van der Waals surface area contributed by atoms with Crippen LogP contribution in [0.4, 0.5) is 5.69 Å². The number of hydrogen-bond donors (Lipinski definition) is 1. The molecule has 2 aromatic rings. The summed E-state index contributed by atoms with van der Waals surface area (Å²) in [6, 6.07) is 12.1. The predicted octanol–water partition coefficient (Wildman–Crippen LogP) is 3.46. The molecular weight excluding hydrogens is 494 g/mol. The molecule has 9 nitrogen and oxygen atoms in total. The fourth-order valence-corrected chi connectivity index (χ4v) is 4.93. The topological polar surface area (TPSA) is 105 Å². The third-order valence-corrected chi connectivity index (χ3v) is 7.32. The number of anilines is 1. The summed E-state index contributed by atoms with van der Waals surface area (Å²) in [6.45, 7) is 8.73. The van der Waals surface area contributed by atoms with Crippen LogP contribution >= 0.6 is 0 Å². The van der Waals surface area contributed by atoms with Crippen molar-refractivity contribution in [2.45, 2.75) is 53.1 Å². The number of nitrogens with zero attached hydrogens (tertiary/aromatic N) is 2. The molecule has 0 saturated carbocycles. The Morgan fingerprint density at radius 3 is 2.35 bits per heavy atom. The molecule has 0 radical (unpaired) electrons. The zero-order valence-electron chi connectivity index (χ0n) is 22.2. The van der Waals surface area contributed by atoms with Gasteiger partial charge in [-0.2, -0.15) is 0 Å². The number of hydrogen-bond acceptors (Lipinski definition) is 6. The minimum Gasteiger partial charge on any atom is -0.454 e. The average Bonchev–Trinajstić information content (AvgIpc) is 3.31. The van der Waals surface area contributed by atoms with Gasteiger partial charge in [-0.1, -0.05) is 43.7 Å². The van der Waals surface area contributed by atoms with E-state index >= 15 is 0 Å². The van der Waals surface area contributed by atoms with Gasteiger partial charge in [0.25, 0.3) is 0 Å². The highest BCUT2D eigenvalue weighted by Gasteiger charge is 2.27. The summed E-state index contributed by atoms with van der Waals surface area (Å²) in [6.07, 6.45) is 1.50. The second-order valence-electron chi connectivity index (χ2n) is 9.80. The van der Waals surface area contributed by atoms with Gasteiger partial charge >= 0.3 is 0 Å². The molecule has 0 aliphatic carbocycles. The van der Waals surface area contributed by atoms with Crippen LogP contribution < -0.4 is 19.1 Å². The van der Waals surface area contributed by atoms with Crippen LogP contribution in [0.25, 0.3) is 0 Å². The number of benzene rings is 2. The van der Waals surface area contributed by atoms with Crippen LogP contribution in [-0.4, -0.2) is 57.3 Å². The van der Waals surface area contributed by atoms with Crippen molar-refractivity contribution in [1.29, 1.82) is 0 Å². The summed E-state index contributed by atoms with van der Waals surface area (Å²) >= 11 is 0. The Kier molecular flexibility index (Phi) is 9.42. The maximum Gasteiger partial charge on any atom is 0.242 e. The van der Waals surface area contributed by atoms with Crippen molar-refractivity contribution in [2.75, 3.05) is 30.4 Å². The smallest absolute Gasteiger partial charge is 0.242 e. The van der Waals surface area contributed by atoms with Gasteiger partial charge in [-0.15, -0.1) is 0 Å². The number of carbonyl (C=O) groups excluding carboxylic acids is 2. The highest BCUT2D eigenvalue weighted by molar-refractivity contribution is 7.92. The highest BCUT2D eigenvalue weighted by Crippen LogP contribution is 2.36. The average molecular weight is 532 g/mol. The number of aryl methyl sites for hydroxylation is 1. The molecule has 0 aromatic heterocycles. The number of carbonyl (C=O) groups is 2. The molecule has 0 bridgehead atoms. The molecule has 1 N–H and O–H groups in total. The third-order valence-electron chi connectivity index (χ3n) is 6.12. The summed E-state index contributed by atoms with van der Waals surface area (Å²) in [5.41, 5.74) is 2.46. The van der Waals surface area contributed by atoms with Crippen LogP contribution in [-0.2, 0) is 26.2 Å². The lowest BCUT2D eigenvalue weighted by molar-refractivity contribution is -0.140. The molecule has 1 atom stereocenters. The van der Waals surface area contributed by atoms with Crippen molar-refractivity contribution in [2.24, 2.45) is 5.92 Å². The van der Waals surface area contributed by atoms with Gasteiger partial charge in [0.2, 0.25) is 28.6 Å². The van der Waals surface area contributed by atoms with E-state index < -0.39 is 16.1 Å². The fourth-order valence-electron chi connectivity index (χ4n) is 3.97. The minimum atomic E-state index is -3.60. The molecule has 1 aliphatic rings. The molecule has 0 unspecified atom stereocenters. The van der Waals surface area contributed by atoms with Gasteiger partial charge in [-0.3, -0.25) is 13.9 Å². The zero-order chi connectivity index (χ0) is 27.2. The quantitative estimate of drug-likeness (QED) is 0.450. The maximum absolute atomic E-state index is 13.4. The van der Waals surface area contributed by atoms with Crippen LogP contribution in [0.3, 0.4) is 0 Å². The maximum atomic E-state index is 13.4. The van der Waals surface area contributed by atoms with Crippen LogP contribution in [0.15, 0.2) is 42.5 Å². The lowest BCUT2D eigenvalue weighted by Gasteiger charge is -2.29. The Hall–Kier alpha value is -3.27. The van der Waals surface area contributed by atoms with Gasteiger partial charge in [0, 0.05) is 32.1 Å². The van der Waals surface area contributed by atoms with Crippen LogP contribution in [0, 0.1) is 12.8 Å². The van der Waals surface area contributed by atoms with E-state index in [0.717, 1.165) is 17.4 Å². The van der Waals surface area contributed by atoms with E-state index in [-0.39, 0.29) is 50.5 Å². The van der Waals surface area contributed by atoms with Crippen molar-refractivity contribution >= 4 is 27.5 Å². The molecule has 2 amide bonds. The largest absolute Gasteiger partial charge is 0.454 e. The Balaban J connectivity index is 1.71. The molecule has 10 heteroatoms. The van der Waals surface area contributed by atoms with E-state index in [4.69, 9.17) is 9.47 Å². The molecular formula is C27H37N3O6S. The van der Waals surface area contributed by atoms with E-state index in [1.807, 2.05) is 45.0 Å². The van der Waals surface area contributed by atoms with Crippen molar-refractivity contribution < 1.29 is 27.5 Å². The number of ether oxygens (including phenoxy) is 2. The Bertz CT molecular complexity index is 1200. The molecule has 37 heavy (non-hydrogen) atoms. The van der Waals surface area contributed by atoms with E-state index in [0.29, 0.717) is 23.7 Å². The number of rotatable bonds is 12. The van der Waals surface area contributed by atoms with Gasteiger partial charge in [-0.05, 0) is 43.9 Å². The van der Waals surface area contributed by atoms with Crippen LogP contribution in [0.1, 0.15) is 44.7 Å². The van der Waals surface area contributed by atoms with Crippen molar-refractivity contribution in [3.63, 3.8) is 0 Å². The van der Waals surface area contributed by atoms with Gasteiger partial charge < -0.3 is 19.7 Å². The molecule has 0 fully saturated rings. The fraction of sp³-hybridized carbons (Fsp3) is 0.481. The first-order chi connectivity index (χ1) is 17.5. The zero-order valence-corrected chi connectivity index (χ0v) is 23.0. The number of fused-ring (bicyclic) bond motifs is 1. The van der Waals surface area contributed by atoms with Crippen LogP contribution in [0.2, 0.25) is 0 Å². The van der Waals surface area contributed by atoms with Gasteiger partial charge in [0.05, 0.1) is 11.9 Å². The van der Waals surface area contributed by atoms with E-state index in [2.05, 4.69) is 5.32 Å². The summed E-state index contributed by atoms with van der Waals surface area (Å²) in [5, 5.41) is 2.91. The van der Waals surface area contributed by atoms with Gasteiger partial charge in [0.1, 0.15) is 6.04 Å². The number of amides is 2. The highest BCUT2D eigenvalue weighted by atomic mass is 32.2. The molecule has 2 aromatic carbocycles. The van der Waals surface area contributed by atoms with Crippen molar-refractivity contribution in [1.82, 2.24) is 10.2 Å². The molecule has 1 aliphatic heterocycles. The normalized spacial score (nSPS) is 13.4. The third kappa shape index (κ3) is 7.85. The SMILES string of the molecule is Cc1ccc(CN(C(=O)CCCN(c2ccc3c(c2)OCO3)S(C)(=O)=O)[C@@H](C)C(=O)NCC(C)C)cc1. The predicted molar refractivity (Wildman–Crippen MR) is 143 cm³/mol. The molecule has 0 spiro atoms. The first-order valence-electron chi connectivity index (χ1n) is 12.5. The minimum absolute atomic E-state index is 0.0875. The van der Waals surface area contributed by atoms with Crippen LogP contribution in [0.5, 0.6) is 11.5 Å². The number of nitrogens with one attached hydrogen (secondary N) is 1. The van der Waals surface area contributed by atoms with E-state index in [1.165, 1.54) is 4.31 Å². The molecule has 1 heterocycles. The Morgan fingerprint density at radius 2 is 1.70 bits per heavy atom. The molecule has 3 rings (SSSR count). The first kappa shape index (κ1) is 28.3. The second kappa shape index (κ2) is 12.3. The first-order valence-corrected chi connectivity index (χ1v) is 14.3. The van der Waals surface area contributed by atoms with Crippen molar-refractivity contribution in [3.8, 4) is 11.5 Å². The monoisotopic (exact) mass is 531 g/mol. The van der Waals surface area contributed by atoms with Gasteiger partial charge in [0.15, 0.2) is 11.5 Å². The Morgan fingerprint density at radius 1 is 1.03 bits per heavy atom. The second-order valence-corrected chi connectivity index (χ2v) is 11.7. The Labute approximate surface area is 219 Å². The standard InChI is InChI=1S/C27H37N3O6S/c1-19(2)16-28-27(32)21(4)29(17-22-10-8-20(3)9-11-22)26(31)7-6-14-30(37(5,33)34)23-12-13-24-25(15-23)36-18-35-24/h8-13,15,19,21H,6-7,14,16-18H2,1-5H3,(H,28,32)/t21-/m0/s1. The molecule has 202 valence electrons. The van der Waals surface area contributed by atoms with Crippen molar-refractivity contribution in [3.05, 3.63) is 53.6 Å². The molecule has 0 saturated heterocycles.